The van der Waals surface area contributed by atoms with Gasteiger partial charge in [0.2, 0.25) is 0 Å². The van der Waals surface area contributed by atoms with Crippen LogP contribution in [0.5, 0.6) is 0 Å². The van der Waals surface area contributed by atoms with Crippen molar-refractivity contribution in [2.24, 2.45) is 0 Å². The van der Waals surface area contributed by atoms with E-state index in [1.165, 1.54) is 18.1 Å². The number of carboxylic acids is 1. The molecular weight excluding hydrogens is 400 g/mol. The second-order valence-electron chi connectivity index (χ2n) is 7.85. The fraction of sp³-hybridized carbons (Fsp3) is 0.348. The molecule has 0 aliphatic carbocycles. The molecule has 2 aromatic rings. The van der Waals surface area contributed by atoms with Gasteiger partial charge in [0.15, 0.2) is 0 Å². The standard InChI is InChI=1S/C23H28N2O6/c1-7-11-17(24(14-8-2)21(28)30-6)18-15-12-9-10-13-16(15)25(19(18)20(26)27)22(29)31-23(3,4)5/h7-10,12-13,17H,1-2,11,14H2,3-6H3,(H,26,27). The number of nitrogens with zero attached hydrogens (tertiary/aromatic N) is 2. The lowest BCUT2D eigenvalue weighted by molar-refractivity contribution is 0.0510. The van der Waals surface area contributed by atoms with Crippen LogP contribution in [-0.4, -0.2) is 52.0 Å². The van der Waals surface area contributed by atoms with E-state index in [1.54, 1.807) is 51.1 Å². The fourth-order valence-corrected chi connectivity index (χ4v) is 3.45. The number of carbonyl (C=O) groups excluding carboxylic acids is 2. The summed E-state index contributed by atoms with van der Waals surface area (Å²) < 4.78 is 11.4. The molecule has 1 N–H and O–H groups in total. The van der Waals surface area contributed by atoms with Gasteiger partial charge in [-0.2, -0.15) is 0 Å². The van der Waals surface area contributed by atoms with Crippen LogP contribution in [0.1, 0.15) is 49.3 Å². The molecule has 166 valence electrons. The highest BCUT2D eigenvalue weighted by atomic mass is 16.6. The average molecular weight is 428 g/mol. The van der Waals surface area contributed by atoms with Crippen LogP contribution in [0.3, 0.4) is 0 Å². The van der Waals surface area contributed by atoms with Crippen LogP contribution in [0.4, 0.5) is 9.59 Å². The minimum Gasteiger partial charge on any atom is -0.477 e. The van der Waals surface area contributed by atoms with Gasteiger partial charge in [-0.25, -0.2) is 19.0 Å². The average Bonchev–Trinajstić information content (AvgIpc) is 3.04. The van der Waals surface area contributed by atoms with Crippen molar-refractivity contribution in [2.45, 2.75) is 38.8 Å². The van der Waals surface area contributed by atoms with Crippen molar-refractivity contribution < 1.29 is 29.0 Å². The molecule has 0 bridgehead atoms. The molecule has 31 heavy (non-hydrogen) atoms. The smallest absolute Gasteiger partial charge is 0.419 e. The molecule has 0 aliphatic heterocycles. The number of amides is 1. The molecule has 1 aromatic carbocycles. The summed E-state index contributed by atoms with van der Waals surface area (Å²) in [5.74, 6) is -1.32. The summed E-state index contributed by atoms with van der Waals surface area (Å²) >= 11 is 0. The number of carboxylic acid groups (broad SMARTS) is 1. The van der Waals surface area contributed by atoms with Gasteiger partial charge in [0, 0.05) is 17.5 Å². The van der Waals surface area contributed by atoms with Crippen molar-refractivity contribution in [3.8, 4) is 0 Å². The van der Waals surface area contributed by atoms with Gasteiger partial charge in [0.05, 0.1) is 18.7 Å². The number of carbonyl (C=O) groups is 3. The fourth-order valence-electron chi connectivity index (χ4n) is 3.45. The molecule has 0 fully saturated rings. The highest BCUT2D eigenvalue weighted by Gasteiger charge is 2.35. The molecule has 0 radical (unpaired) electrons. The number of hydrogen-bond donors (Lipinski definition) is 1. The Hall–Kier alpha value is -3.55. The molecule has 1 atom stereocenters. The van der Waals surface area contributed by atoms with E-state index in [1.807, 2.05) is 0 Å². The van der Waals surface area contributed by atoms with Crippen LogP contribution in [0.25, 0.3) is 10.9 Å². The summed E-state index contributed by atoms with van der Waals surface area (Å²) in [6.07, 6.45) is 1.84. The van der Waals surface area contributed by atoms with Gasteiger partial charge in [-0.1, -0.05) is 30.4 Å². The Labute approximate surface area is 181 Å². The minimum absolute atomic E-state index is 0.107. The van der Waals surface area contributed by atoms with Gasteiger partial charge < -0.3 is 14.6 Å². The molecular formula is C23H28N2O6. The lowest BCUT2D eigenvalue weighted by Gasteiger charge is -2.29. The third-order valence-corrected chi connectivity index (χ3v) is 4.53. The first-order valence-corrected chi connectivity index (χ1v) is 9.73. The Balaban J connectivity index is 2.90. The lowest BCUT2D eigenvalue weighted by atomic mass is 9.98. The second kappa shape index (κ2) is 9.51. The first-order chi connectivity index (χ1) is 14.6. The van der Waals surface area contributed by atoms with Crippen LogP contribution >= 0.6 is 0 Å². The maximum atomic E-state index is 13.0. The van der Waals surface area contributed by atoms with E-state index in [0.29, 0.717) is 16.5 Å². The number of para-hydroxylation sites is 1. The molecule has 8 heteroatoms. The Morgan fingerprint density at radius 3 is 2.35 bits per heavy atom. The zero-order valence-electron chi connectivity index (χ0n) is 18.3. The lowest BCUT2D eigenvalue weighted by Crippen LogP contribution is -2.36. The number of aromatic carboxylic acids is 1. The molecule has 2 rings (SSSR count). The van der Waals surface area contributed by atoms with Gasteiger partial charge in [-0.05, 0) is 33.3 Å². The van der Waals surface area contributed by atoms with Crippen LogP contribution in [0.15, 0.2) is 49.6 Å². The van der Waals surface area contributed by atoms with Gasteiger partial charge >= 0.3 is 18.2 Å². The molecule has 1 heterocycles. The number of methoxy groups -OCH3 is 1. The molecule has 8 nitrogen and oxygen atoms in total. The molecule has 0 spiro atoms. The number of fused-ring (bicyclic) bond motifs is 1. The number of aromatic nitrogens is 1. The Morgan fingerprint density at radius 2 is 1.84 bits per heavy atom. The van der Waals surface area contributed by atoms with Crippen molar-refractivity contribution >= 4 is 29.1 Å². The first-order valence-electron chi connectivity index (χ1n) is 9.73. The molecule has 1 aromatic heterocycles. The Morgan fingerprint density at radius 1 is 1.19 bits per heavy atom. The largest absolute Gasteiger partial charge is 0.477 e. The zero-order chi connectivity index (χ0) is 23.3. The van der Waals surface area contributed by atoms with Gasteiger partial charge in [0.25, 0.3) is 0 Å². The number of rotatable bonds is 7. The number of hydrogen-bond acceptors (Lipinski definition) is 5. The van der Waals surface area contributed by atoms with E-state index in [2.05, 4.69) is 13.2 Å². The third kappa shape index (κ3) is 4.96. The summed E-state index contributed by atoms with van der Waals surface area (Å²) in [4.78, 5) is 39.3. The molecule has 1 unspecified atom stereocenters. The van der Waals surface area contributed by atoms with Crippen LogP contribution < -0.4 is 0 Å². The van der Waals surface area contributed by atoms with E-state index >= 15 is 0 Å². The van der Waals surface area contributed by atoms with Crippen LogP contribution in [0, 0.1) is 0 Å². The van der Waals surface area contributed by atoms with Crippen molar-refractivity contribution in [2.75, 3.05) is 13.7 Å². The number of ether oxygens (including phenoxy) is 2. The van der Waals surface area contributed by atoms with Crippen molar-refractivity contribution in [1.29, 1.82) is 0 Å². The predicted octanol–water partition coefficient (Wildman–Crippen LogP) is 4.99. The SMILES string of the molecule is C=CCC(c1c(C(=O)O)n(C(=O)OC(C)(C)C)c2ccccc12)N(CC=C)C(=O)OC. The molecule has 0 saturated heterocycles. The highest BCUT2D eigenvalue weighted by molar-refractivity contribution is 6.04. The normalized spacial score (nSPS) is 12.1. The molecule has 1 amide bonds. The maximum absolute atomic E-state index is 13.0. The monoisotopic (exact) mass is 428 g/mol. The van der Waals surface area contributed by atoms with Gasteiger partial charge in [-0.3, -0.25) is 4.90 Å². The van der Waals surface area contributed by atoms with Gasteiger partial charge in [0.1, 0.15) is 11.3 Å². The molecule has 0 aliphatic rings. The highest BCUT2D eigenvalue weighted by Crippen LogP contribution is 2.37. The number of benzene rings is 1. The minimum atomic E-state index is -1.32. The Kier molecular flexibility index (Phi) is 7.28. The van der Waals surface area contributed by atoms with E-state index in [4.69, 9.17) is 9.47 Å². The quantitative estimate of drug-likeness (QED) is 0.624. The predicted molar refractivity (Wildman–Crippen MR) is 117 cm³/mol. The van der Waals surface area contributed by atoms with E-state index < -0.39 is 29.8 Å². The summed E-state index contributed by atoms with van der Waals surface area (Å²) in [5.41, 5.74) is -0.456. The van der Waals surface area contributed by atoms with Crippen molar-refractivity contribution in [3.05, 3.63) is 60.8 Å². The Bertz CT molecular complexity index is 1010. The topological polar surface area (TPSA) is 98.1 Å². The molecule has 0 saturated carbocycles. The summed E-state index contributed by atoms with van der Waals surface area (Å²) in [5, 5.41) is 10.6. The van der Waals surface area contributed by atoms with Crippen molar-refractivity contribution in [3.63, 3.8) is 0 Å². The van der Waals surface area contributed by atoms with Gasteiger partial charge in [-0.15, -0.1) is 13.2 Å². The van der Waals surface area contributed by atoms with E-state index in [9.17, 15) is 19.5 Å². The maximum Gasteiger partial charge on any atom is 0.419 e. The third-order valence-electron chi connectivity index (χ3n) is 4.53. The summed E-state index contributed by atoms with van der Waals surface area (Å²) in [6.45, 7) is 12.6. The van der Waals surface area contributed by atoms with Crippen molar-refractivity contribution in [1.82, 2.24) is 9.47 Å². The second-order valence-corrected chi connectivity index (χ2v) is 7.85. The van der Waals surface area contributed by atoms with Crippen LogP contribution in [0.2, 0.25) is 0 Å². The van der Waals surface area contributed by atoms with E-state index in [0.717, 1.165) is 4.57 Å². The van der Waals surface area contributed by atoms with Crippen LogP contribution in [-0.2, 0) is 9.47 Å². The van der Waals surface area contributed by atoms with E-state index in [-0.39, 0.29) is 18.7 Å². The zero-order valence-corrected chi connectivity index (χ0v) is 18.3. The summed E-state index contributed by atoms with van der Waals surface area (Å²) in [6, 6.07) is 6.01. The summed E-state index contributed by atoms with van der Waals surface area (Å²) in [7, 11) is 1.24. The first kappa shape index (κ1) is 23.7.